The average Bonchev–Trinajstić information content (AvgIpc) is 2.25. The SMILES string of the molecule is N#Cc1ccccc1[C@@H](N)CCCN. The number of nitrogens with zero attached hydrogens (tertiary/aromatic N) is 1. The quantitative estimate of drug-likeness (QED) is 0.749. The molecule has 0 saturated carbocycles. The summed E-state index contributed by atoms with van der Waals surface area (Å²) in [5.74, 6) is 0. The number of hydrogen-bond acceptors (Lipinski definition) is 3. The van der Waals surface area contributed by atoms with Crippen LogP contribution in [0.2, 0.25) is 0 Å². The molecule has 74 valence electrons. The molecule has 0 amide bonds. The van der Waals surface area contributed by atoms with Crippen LogP contribution in [0.25, 0.3) is 0 Å². The third-order valence-electron chi connectivity index (χ3n) is 2.20. The molecule has 1 atom stereocenters. The van der Waals surface area contributed by atoms with Crippen LogP contribution in [-0.2, 0) is 0 Å². The lowest BCUT2D eigenvalue weighted by molar-refractivity contribution is 0.617. The third-order valence-corrected chi connectivity index (χ3v) is 2.20. The Balaban J connectivity index is 2.79. The van der Waals surface area contributed by atoms with Gasteiger partial charge in [0.1, 0.15) is 0 Å². The Morgan fingerprint density at radius 1 is 1.36 bits per heavy atom. The lowest BCUT2D eigenvalue weighted by atomic mass is 9.98. The molecule has 0 aliphatic carbocycles. The molecule has 3 nitrogen and oxygen atoms in total. The highest BCUT2D eigenvalue weighted by molar-refractivity contribution is 5.39. The van der Waals surface area contributed by atoms with E-state index in [1.807, 2.05) is 18.2 Å². The first-order valence-corrected chi connectivity index (χ1v) is 4.74. The van der Waals surface area contributed by atoms with Crippen molar-refractivity contribution in [2.45, 2.75) is 18.9 Å². The van der Waals surface area contributed by atoms with Crippen molar-refractivity contribution in [3.63, 3.8) is 0 Å². The first kappa shape index (κ1) is 10.7. The van der Waals surface area contributed by atoms with Gasteiger partial charge in [0.25, 0.3) is 0 Å². The molecule has 3 heteroatoms. The van der Waals surface area contributed by atoms with Crippen molar-refractivity contribution >= 4 is 0 Å². The van der Waals surface area contributed by atoms with Gasteiger partial charge in [-0.15, -0.1) is 0 Å². The van der Waals surface area contributed by atoms with Crippen molar-refractivity contribution in [1.82, 2.24) is 0 Å². The maximum absolute atomic E-state index is 8.86. The van der Waals surface area contributed by atoms with Crippen LogP contribution in [0.5, 0.6) is 0 Å². The Morgan fingerprint density at radius 2 is 2.07 bits per heavy atom. The standard InChI is InChI=1S/C11H15N3/c12-7-3-6-11(14)10-5-2-1-4-9(10)8-13/h1-2,4-5,11H,3,6-7,12,14H2/t11-/m0/s1. The fourth-order valence-electron chi connectivity index (χ4n) is 1.42. The van der Waals surface area contributed by atoms with E-state index in [1.165, 1.54) is 0 Å². The Kier molecular flexibility index (Phi) is 4.11. The normalized spacial score (nSPS) is 12.1. The summed E-state index contributed by atoms with van der Waals surface area (Å²) in [6.07, 6.45) is 1.72. The molecule has 0 aliphatic heterocycles. The molecule has 0 unspecified atom stereocenters. The van der Waals surface area contributed by atoms with Crippen LogP contribution in [0.3, 0.4) is 0 Å². The molecule has 0 radical (unpaired) electrons. The Morgan fingerprint density at radius 3 is 2.71 bits per heavy atom. The fourth-order valence-corrected chi connectivity index (χ4v) is 1.42. The first-order chi connectivity index (χ1) is 6.79. The van der Waals surface area contributed by atoms with E-state index >= 15 is 0 Å². The molecule has 1 aromatic rings. The van der Waals surface area contributed by atoms with Gasteiger partial charge in [0.05, 0.1) is 11.6 Å². The van der Waals surface area contributed by atoms with E-state index in [-0.39, 0.29) is 6.04 Å². The summed E-state index contributed by atoms with van der Waals surface area (Å²) in [6, 6.07) is 9.51. The fraction of sp³-hybridized carbons (Fsp3) is 0.364. The van der Waals surface area contributed by atoms with Crippen molar-refractivity contribution in [3.8, 4) is 6.07 Å². The minimum Gasteiger partial charge on any atom is -0.330 e. The van der Waals surface area contributed by atoms with Gasteiger partial charge in [0.15, 0.2) is 0 Å². The van der Waals surface area contributed by atoms with Gasteiger partial charge < -0.3 is 11.5 Å². The Hall–Kier alpha value is -1.37. The molecule has 1 aromatic carbocycles. The van der Waals surface area contributed by atoms with E-state index in [0.29, 0.717) is 12.1 Å². The molecule has 0 aromatic heterocycles. The van der Waals surface area contributed by atoms with Gasteiger partial charge in [0, 0.05) is 6.04 Å². The summed E-state index contributed by atoms with van der Waals surface area (Å²) in [5.41, 5.74) is 12.9. The topological polar surface area (TPSA) is 75.8 Å². The van der Waals surface area contributed by atoms with Gasteiger partial charge in [-0.2, -0.15) is 5.26 Å². The summed E-state index contributed by atoms with van der Waals surface area (Å²) in [6.45, 7) is 0.641. The third kappa shape index (κ3) is 2.56. The van der Waals surface area contributed by atoms with Crippen molar-refractivity contribution in [2.75, 3.05) is 6.54 Å². The number of rotatable bonds is 4. The van der Waals surface area contributed by atoms with Gasteiger partial charge in [-0.25, -0.2) is 0 Å². The zero-order valence-electron chi connectivity index (χ0n) is 8.11. The van der Waals surface area contributed by atoms with Crippen LogP contribution in [0.15, 0.2) is 24.3 Å². The molecule has 1 rings (SSSR count). The number of nitrogens with two attached hydrogens (primary N) is 2. The van der Waals surface area contributed by atoms with Crippen molar-refractivity contribution in [1.29, 1.82) is 5.26 Å². The van der Waals surface area contributed by atoms with E-state index in [0.717, 1.165) is 18.4 Å². The molecule has 0 saturated heterocycles. The molecule has 0 spiro atoms. The predicted molar refractivity (Wildman–Crippen MR) is 56.4 cm³/mol. The lowest BCUT2D eigenvalue weighted by Gasteiger charge is -2.12. The monoisotopic (exact) mass is 189 g/mol. The zero-order chi connectivity index (χ0) is 10.4. The molecular formula is C11H15N3. The largest absolute Gasteiger partial charge is 0.330 e. The van der Waals surface area contributed by atoms with Crippen LogP contribution in [0, 0.1) is 11.3 Å². The van der Waals surface area contributed by atoms with Crippen molar-refractivity contribution in [3.05, 3.63) is 35.4 Å². The Labute approximate surface area is 84.3 Å². The van der Waals surface area contributed by atoms with Crippen molar-refractivity contribution in [2.24, 2.45) is 11.5 Å². The van der Waals surface area contributed by atoms with Crippen LogP contribution in [0.4, 0.5) is 0 Å². The second-order valence-electron chi connectivity index (χ2n) is 3.24. The highest BCUT2D eigenvalue weighted by Crippen LogP contribution is 2.18. The number of hydrogen-bond donors (Lipinski definition) is 2. The van der Waals surface area contributed by atoms with Crippen LogP contribution < -0.4 is 11.5 Å². The second kappa shape index (κ2) is 5.38. The maximum atomic E-state index is 8.86. The summed E-state index contributed by atoms with van der Waals surface area (Å²) in [5, 5.41) is 8.86. The van der Waals surface area contributed by atoms with Gasteiger partial charge in [-0.3, -0.25) is 0 Å². The second-order valence-corrected chi connectivity index (χ2v) is 3.24. The van der Waals surface area contributed by atoms with Crippen LogP contribution >= 0.6 is 0 Å². The Bertz CT molecular complexity index is 328. The summed E-state index contributed by atoms with van der Waals surface area (Å²) in [7, 11) is 0. The van der Waals surface area contributed by atoms with E-state index in [1.54, 1.807) is 6.07 Å². The lowest BCUT2D eigenvalue weighted by Crippen LogP contribution is -2.13. The predicted octanol–water partition coefficient (Wildman–Crippen LogP) is 1.30. The molecule has 4 N–H and O–H groups in total. The van der Waals surface area contributed by atoms with E-state index < -0.39 is 0 Å². The molecule has 0 heterocycles. The van der Waals surface area contributed by atoms with E-state index in [4.69, 9.17) is 16.7 Å². The number of nitriles is 1. The van der Waals surface area contributed by atoms with Gasteiger partial charge in [-0.05, 0) is 31.0 Å². The van der Waals surface area contributed by atoms with Crippen LogP contribution in [0.1, 0.15) is 30.0 Å². The average molecular weight is 189 g/mol. The molecule has 0 fully saturated rings. The number of benzene rings is 1. The van der Waals surface area contributed by atoms with Crippen LogP contribution in [-0.4, -0.2) is 6.54 Å². The zero-order valence-corrected chi connectivity index (χ0v) is 8.11. The highest BCUT2D eigenvalue weighted by atomic mass is 14.6. The summed E-state index contributed by atoms with van der Waals surface area (Å²) >= 11 is 0. The van der Waals surface area contributed by atoms with Gasteiger partial charge in [0.2, 0.25) is 0 Å². The van der Waals surface area contributed by atoms with Crippen molar-refractivity contribution < 1.29 is 0 Å². The van der Waals surface area contributed by atoms with Gasteiger partial charge in [-0.1, -0.05) is 18.2 Å². The van der Waals surface area contributed by atoms with E-state index in [9.17, 15) is 0 Å². The summed E-state index contributed by atoms with van der Waals surface area (Å²) in [4.78, 5) is 0. The minimum absolute atomic E-state index is 0.0746. The smallest absolute Gasteiger partial charge is 0.0995 e. The highest BCUT2D eigenvalue weighted by Gasteiger charge is 2.09. The molecule has 0 bridgehead atoms. The minimum atomic E-state index is -0.0746. The molecule has 0 aliphatic rings. The maximum Gasteiger partial charge on any atom is 0.0995 e. The van der Waals surface area contributed by atoms with Gasteiger partial charge >= 0.3 is 0 Å². The molecule has 14 heavy (non-hydrogen) atoms. The first-order valence-electron chi connectivity index (χ1n) is 4.74. The summed E-state index contributed by atoms with van der Waals surface area (Å²) < 4.78 is 0. The molecular weight excluding hydrogens is 174 g/mol. The van der Waals surface area contributed by atoms with E-state index in [2.05, 4.69) is 6.07 Å².